The van der Waals surface area contributed by atoms with Crippen LogP contribution in [0.4, 0.5) is 0 Å². The predicted octanol–water partition coefficient (Wildman–Crippen LogP) is 1.89. The standard InChI is InChI=1S/C15H20N2O3/c1-15(18,14-7-8-16-17(14)2)10-11-5-6-12(19-3)13(9-11)20-4/h5-9,18H,10H2,1-4H3. The Labute approximate surface area is 118 Å². The van der Waals surface area contributed by atoms with Gasteiger partial charge in [-0.05, 0) is 30.7 Å². The Morgan fingerprint density at radius 3 is 2.45 bits per heavy atom. The van der Waals surface area contributed by atoms with E-state index in [1.54, 1.807) is 32.0 Å². The van der Waals surface area contributed by atoms with Crippen molar-refractivity contribution in [3.63, 3.8) is 0 Å². The molecule has 2 rings (SSSR count). The van der Waals surface area contributed by atoms with Crippen molar-refractivity contribution < 1.29 is 14.6 Å². The molecule has 1 unspecified atom stereocenters. The average molecular weight is 276 g/mol. The minimum absolute atomic E-state index is 0.465. The van der Waals surface area contributed by atoms with Crippen molar-refractivity contribution in [2.24, 2.45) is 7.05 Å². The highest BCUT2D eigenvalue weighted by molar-refractivity contribution is 5.43. The van der Waals surface area contributed by atoms with Crippen molar-refractivity contribution in [3.05, 3.63) is 41.7 Å². The Balaban J connectivity index is 2.27. The number of benzene rings is 1. The second-order valence-corrected chi connectivity index (χ2v) is 4.98. The third kappa shape index (κ3) is 2.77. The van der Waals surface area contributed by atoms with Crippen LogP contribution >= 0.6 is 0 Å². The molecule has 0 aliphatic rings. The zero-order valence-electron chi connectivity index (χ0n) is 12.3. The van der Waals surface area contributed by atoms with E-state index < -0.39 is 5.60 Å². The van der Waals surface area contributed by atoms with Crippen molar-refractivity contribution in [1.82, 2.24) is 9.78 Å². The first-order valence-corrected chi connectivity index (χ1v) is 6.39. The number of aromatic nitrogens is 2. The molecule has 0 bridgehead atoms. The lowest BCUT2D eigenvalue weighted by molar-refractivity contribution is 0.0489. The van der Waals surface area contributed by atoms with Gasteiger partial charge in [0.05, 0.1) is 19.9 Å². The maximum atomic E-state index is 10.7. The summed E-state index contributed by atoms with van der Waals surface area (Å²) in [7, 11) is 5.02. The van der Waals surface area contributed by atoms with Gasteiger partial charge in [0.25, 0.3) is 0 Å². The summed E-state index contributed by atoms with van der Waals surface area (Å²) in [5.74, 6) is 1.34. The third-order valence-electron chi connectivity index (χ3n) is 3.37. The Bertz CT molecular complexity index is 591. The Kier molecular flexibility index (Phi) is 3.99. The molecule has 2 aromatic rings. The van der Waals surface area contributed by atoms with E-state index in [0.29, 0.717) is 17.9 Å². The number of hydrogen-bond donors (Lipinski definition) is 1. The van der Waals surface area contributed by atoms with Crippen LogP contribution in [0.1, 0.15) is 18.2 Å². The minimum Gasteiger partial charge on any atom is -0.493 e. The molecule has 1 aromatic carbocycles. The van der Waals surface area contributed by atoms with Crippen LogP contribution in [0.2, 0.25) is 0 Å². The zero-order valence-corrected chi connectivity index (χ0v) is 12.3. The average Bonchev–Trinajstić information content (AvgIpc) is 2.85. The Morgan fingerprint density at radius 2 is 1.90 bits per heavy atom. The quantitative estimate of drug-likeness (QED) is 0.906. The number of aryl methyl sites for hydroxylation is 1. The molecule has 5 heteroatoms. The van der Waals surface area contributed by atoms with E-state index in [2.05, 4.69) is 5.10 Å². The van der Waals surface area contributed by atoms with Crippen molar-refractivity contribution in [1.29, 1.82) is 0 Å². The molecule has 1 heterocycles. The molecule has 1 aromatic heterocycles. The molecule has 5 nitrogen and oxygen atoms in total. The molecule has 0 spiro atoms. The molecule has 1 N–H and O–H groups in total. The topological polar surface area (TPSA) is 56.5 Å². The number of hydrogen-bond acceptors (Lipinski definition) is 4. The fourth-order valence-electron chi connectivity index (χ4n) is 2.38. The van der Waals surface area contributed by atoms with Crippen molar-refractivity contribution >= 4 is 0 Å². The second-order valence-electron chi connectivity index (χ2n) is 4.98. The lowest BCUT2D eigenvalue weighted by atomic mass is 9.93. The molecule has 0 saturated heterocycles. The highest BCUT2D eigenvalue weighted by Gasteiger charge is 2.27. The van der Waals surface area contributed by atoms with Crippen molar-refractivity contribution in [3.8, 4) is 11.5 Å². The van der Waals surface area contributed by atoms with Gasteiger partial charge in [-0.25, -0.2) is 0 Å². The second kappa shape index (κ2) is 5.54. The maximum absolute atomic E-state index is 10.7. The maximum Gasteiger partial charge on any atom is 0.160 e. The summed E-state index contributed by atoms with van der Waals surface area (Å²) in [4.78, 5) is 0. The van der Waals surface area contributed by atoms with Gasteiger partial charge < -0.3 is 14.6 Å². The summed E-state index contributed by atoms with van der Waals surface area (Å²) in [5.41, 5.74) is 0.742. The lowest BCUT2D eigenvalue weighted by Crippen LogP contribution is -2.27. The highest BCUT2D eigenvalue weighted by Crippen LogP contribution is 2.31. The lowest BCUT2D eigenvalue weighted by Gasteiger charge is -2.24. The molecule has 0 saturated carbocycles. The molecule has 0 aliphatic carbocycles. The van der Waals surface area contributed by atoms with Gasteiger partial charge in [0, 0.05) is 19.7 Å². The van der Waals surface area contributed by atoms with E-state index >= 15 is 0 Å². The van der Waals surface area contributed by atoms with Gasteiger partial charge in [-0.3, -0.25) is 4.68 Å². The fourth-order valence-corrected chi connectivity index (χ4v) is 2.38. The van der Waals surface area contributed by atoms with Gasteiger partial charge in [-0.1, -0.05) is 6.07 Å². The molecular weight excluding hydrogens is 256 g/mol. The molecular formula is C15H20N2O3. The van der Waals surface area contributed by atoms with E-state index in [1.807, 2.05) is 31.3 Å². The smallest absolute Gasteiger partial charge is 0.160 e. The summed E-state index contributed by atoms with van der Waals surface area (Å²) in [5, 5.41) is 14.8. The molecule has 1 atom stereocenters. The van der Waals surface area contributed by atoms with Crippen LogP contribution in [0, 0.1) is 0 Å². The first-order valence-electron chi connectivity index (χ1n) is 6.39. The molecule has 0 aliphatic heterocycles. The summed E-state index contributed by atoms with van der Waals surface area (Å²) >= 11 is 0. The number of ether oxygens (including phenoxy) is 2. The van der Waals surface area contributed by atoms with Crippen LogP contribution < -0.4 is 9.47 Å². The van der Waals surface area contributed by atoms with Crippen LogP contribution in [0.25, 0.3) is 0 Å². The van der Waals surface area contributed by atoms with Gasteiger partial charge >= 0.3 is 0 Å². The SMILES string of the molecule is COc1ccc(CC(C)(O)c2ccnn2C)cc1OC. The van der Waals surface area contributed by atoms with E-state index in [-0.39, 0.29) is 0 Å². The Morgan fingerprint density at radius 1 is 1.20 bits per heavy atom. The normalized spacial score (nSPS) is 13.8. The number of methoxy groups -OCH3 is 2. The highest BCUT2D eigenvalue weighted by atomic mass is 16.5. The van der Waals surface area contributed by atoms with E-state index in [4.69, 9.17) is 9.47 Å². The molecule has 0 radical (unpaired) electrons. The van der Waals surface area contributed by atoms with E-state index in [9.17, 15) is 5.11 Å². The largest absolute Gasteiger partial charge is 0.493 e. The molecule has 20 heavy (non-hydrogen) atoms. The van der Waals surface area contributed by atoms with Crippen LogP contribution in [-0.4, -0.2) is 29.1 Å². The van der Waals surface area contributed by atoms with E-state index in [1.165, 1.54) is 0 Å². The van der Waals surface area contributed by atoms with Crippen molar-refractivity contribution in [2.45, 2.75) is 18.9 Å². The number of rotatable bonds is 5. The third-order valence-corrected chi connectivity index (χ3v) is 3.37. The summed E-state index contributed by atoms with van der Waals surface area (Å²) in [6, 6.07) is 7.46. The van der Waals surface area contributed by atoms with Crippen molar-refractivity contribution in [2.75, 3.05) is 14.2 Å². The van der Waals surface area contributed by atoms with Gasteiger partial charge in [-0.2, -0.15) is 5.10 Å². The van der Waals surface area contributed by atoms with Crippen LogP contribution in [0.5, 0.6) is 11.5 Å². The number of aliphatic hydroxyl groups is 1. The van der Waals surface area contributed by atoms with Gasteiger partial charge in [0.2, 0.25) is 0 Å². The van der Waals surface area contributed by atoms with E-state index in [0.717, 1.165) is 11.3 Å². The van der Waals surface area contributed by atoms with Crippen LogP contribution in [-0.2, 0) is 19.1 Å². The van der Waals surface area contributed by atoms with Gasteiger partial charge in [0.15, 0.2) is 11.5 Å². The molecule has 0 amide bonds. The fraction of sp³-hybridized carbons (Fsp3) is 0.400. The first kappa shape index (κ1) is 14.4. The van der Waals surface area contributed by atoms with Gasteiger partial charge in [0.1, 0.15) is 5.60 Å². The first-order chi connectivity index (χ1) is 9.47. The number of nitrogens with zero attached hydrogens (tertiary/aromatic N) is 2. The molecule has 0 fully saturated rings. The van der Waals surface area contributed by atoms with Gasteiger partial charge in [-0.15, -0.1) is 0 Å². The summed E-state index contributed by atoms with van der Waals surface area (Å²) in [6.45, 7) is 1.78. The predicted molar refractivity (Wildman–Crippen MR) is 76.0 cm³/mol. The zero-order chi connectivity index (χ0) is 14.8. The summed E-state index contributed by atoms with van der Waals surface area (Å²) < 4.78 is 12.2. The Hall–Kier alpha value is -2.01. The molecule has 108 valence electrons. The summed E-state index contributed by atoms with van der Waals surface area (Å²) in [6.07, 6.45) is 2.14. The minimum atomic E-state index is -0.995. The van der Waals surface area contributed by atoms with Crippen LogP contribution in [0.15, 0.2) is 30.5 Å². The van der Waals surface area contributed by atoms with Crippen LogP contribution in [0.3, 0.4) is 0 Å². The monoisotopic (exact) mass is 276 g/mol.